The van der Waals surface area contributed by atoms with Crippen molar-refractivity contribution in [3.8, 4) is 0 Å². The van der Waals surface area contributed by atoms with Gasteiger partial charge in [-0.2, -0.15) is 11.3 Å². The lowest BCUT2D eigenvalue weighted by Crippen LogP contribution is -2.32. The minimum Gasteiger partial charge on any atom is -0.314 e. The van der Waals surface area contributed by atoms with E-state index in [2.05, 4.69) is 29.1 Å². The predicted octanol–water partition coefficient (Wildman–Crippen LogP) is 4.24. The molecule has 0 aromatic carbocycles. The van der Waals surface area contributed by atoms with Crippen LogP contribution in [0.25, 0.3) is 0 Å². The Labute approximate surface area is 110 Å². The van der Waals surface area contributed by atoms with Crippen LogP contribution in [0.1, 0.15) is 51.0 Å². The zero-order valence-electron chi connectivity index (χ0n) is 11.0. The third-order valence-electron chi connectivity index (χ3n) is 3.85. The van der Waals surface area contributed by atoms with E-state index >= 15 is 0 Å². The Morgan fingerprint density at radius 3 is 2.71 bits per heavy atom. The molecular weight excluding hydrogens is 226 g/mol. The summed E-state index contributed by atoms with van der Waals surface area (Å²) in [6.07, 6.45) is 9.88. The number of thiophene rings is 1. The summed E-state index contributed by atoms with van der Waals surface area (Å²) in [5.41, 5.74) is 1.48. The van der Waals surface area contributed by atoms with Gasteiger partial charge in [-0.1, -0.05) is 25.7 Å². The van der Waals surface area contributed by atoms with Crippen molar-refractivity contribution in [2.75, 3.05) is 6.54 Å². The van der Waals surface area contributed by atoms with Crippen LogP contribution in [0.15, 0.2) is 16.8 Å². The zero-order chi connectivity index (χ0) is 11.9. The topological polar surface area (TPSA) is 12.0 Å². The van der Waals surface area contributed by atoms with E-state index in [4.69, 9.17) is 0 Å². The van der Waals surface area contributed by atoms with E-state index < -0.39 is 0 Å². The Bertz CT molecular complexity index is 286. The molecule has 0 bridgehead atoms. The molecule has 1 aromatic heterocycles. The molecule has 1 aliphatic carbocycles. The van der Waals surface area contributed by atoms with Gasteiger partial charge in [-0.3, -0.25) is 0 Å². The molecule has 1 saturated carbocycles. The molecule has 0 saturated heterocycles. The molecule has 17 heavy (non-hydrogen) atoms. The van der Waals surface area contributed by atoms with E-state index in [-0.39, 0.29) is 0 Å². The Morgan fingerprint density at radius 1 is 1.29 bits per heavy atom. The number of nitrogens with one attached hydrogen (secondary N) is 1. The van der Waals surface area contributed by atoms with Crippen molar-refractivity contribution in [1.82, 2.24) is 5.32 Å². The lowest BCUT2D eigenvalue weighted by atomic mass is 10.00. The molecule has 1 aliphatic rings. The van der Waals surface area contributed by atoms with E-state index in [9.17, 15) is 0 Å². The summed E-state index contributed by atoms with van der Waals surface area (Å²) in [5.74, 6) is 0.933. The third-order valence-corrected chi connectivity index (χ3v) is 4.58. The Hall–Kier alpha value is -0.340. The van der Waals surface area contributed by atoms with Crippen LogP contribution in [0.4, 0.5) is 0 Å². The zero-order valence-corrected chi connectivity index (χ0v) is 11.8. The summed E-state index contributed by atoms with van der Waals surface area (Å²) < 4.78 is 0. The smallest absolute Gasteiger partial charge is 0.00795 e. The second kappa shape index (κ2) is 7.17. The van der Waals surface area contributed by atoms with Gasteiger partial charge >= 0.3 is 0 Å². The van der Waals surface area contributed by atoms with Gasteiger partial charge in [0.2, 0.25) is 0 Å². The average molecular weight is 251 g/mol. The summed E-state index contributed by atoms with van der Waals surface area (Å²) in [6.45, 7) is 3.54. The van der Waals surface area contributed by atoms with Crippen molar-refractivity contribution >= 4 is 11.3 Å². The summed E-state index contributed by atoms with van der Waals surface area (Å²) in [4.78, 5) is 0. The second-order valence-electron chi connectivity index (χ2n) is 5.50. The molecule has 1 N–H and O–H groups in total. The van der Waals surface area contributed by atoms with E-state index in [1.807, 2.05) is 0 Å². The fourth-order valence-electron chi connectivity index (χ4n) is 2.77. The van der Waals surface area contributed by atoms with Crippen LogP contribution >= 0.6 is 11.3 Å². The highest BCUT2D eigenvalue weighted by Gasteiger charge is 2.13. The second-order valence-corrected chi connectivity index (χ2v) is 6.28. The molecule has 1 fully saturated rings. The van der Waals surface area contributed by atoms with Crippen molar-refractivity contribution in [2.45, 2.75) is 57.9 Å². The van der Waals surface area contributed by atoms with Crippen molar-refractivity contribution in [3.05, 3.63) is 22.4 Å². The number of hydrogen-bond donors (Lipinski definition) is 1. The van der Waals surface area contributed by atoms with Crippen LogP contribution < -0.4 is 5.32 Å². The molecule has 96 valence electrons. The SMILES string of the molecule is CC(Cc1ccsc1)NCC1CCCCCC1. The van der Waals surface area contributed by atoms with Crippen LogP contribution in [0.5, 0.6) is 0 Å². The summed E-state index contributed by atoms with van der Waals surface area (Å²) in [7, 11) is 0. The van der Waals surface area contributed by atoms with Gasteiger partial charge < -0.3 is 5.32 Å². The van der Waals surface area contributed by atoms with Crippen molar-refractivity contribution in [3.63, 3.8) is 0 Å². The molecule has 1 heterocycles. The van der Waals surface area contributed by atoms with Crippen molar-refractivity contribution in [2.24, 2.45) is 5.92 Å². The minimum atomic E-state index is 0.618. The number of rotatable bonds is 5. The first kappa shape index (κ1) is 13.1. The molecule has 1 aromatic rings. The highest BCUT2D eigenvalue weighted by molar-refractivity contribution is 7.07. The van der Waals surface area contributed by atoms with Gasteiger partial charge in [0.05, 0.1) is 0 Å². The monoisotopic (exact) mass is 251 g/mol. The third kappa shape index (κ3) is 4.81. The maximum atomic E-state index is 3.72. The molecule has 1 nitrogen and oxygen atoms in total. The molecule has 1 atom stereocenters. The molecule has 0 aliphatic heterocycles. The molecule has 2 rings (SSSR count). The first-order chi connectivity index (χ1) is 8.34. The molecule has 2 heteroatoms. The van der Waals surface area contributed by atoms with Crippen LogP contribution in [-0.2, 0) is 6.42 Å². The van der Waals surface area contributed by atoms with Gasteiger partial charge in [0.15, 0.2) is 0 Å². The Balaban J connectivity index is 1.66. The van der Waals surface area contributed by atoms with E-state index in [0.29, 0.717) is 6.04 Å². The molecule has 0 spiro atoms. The van der Waals surface area contributed by atoms with Crippen molar-refractivity contribution < 1.29 is 0 Å². The van der Waals surface area contributed by atoms with Gasteiger partial charge in [-0.15, -0.1) is 0 Å². The minimum absolute atomic E-state index is 0.618. The molecule has 0 radical (unpaired) electrons. The first-order valence-electron chi connectivity index (χ1n) is 7.09. The highest BCUT2D eigenvalue weighted by atomic mass is 32.1. The summed E-state index contributed by atoms with van der Waals surface area (Å²) >= 11 is 1.80. The molecular formula is C15H25NS. The van der Waals surface area contributed by atoms with Crippen LogP contribution in [0.2, 0.25) is 0 Å². The van der Waals surface area contributed by atoms with E-state index in [1.54, 1.807) is 11.3 Å². The Morgan fingerprint density at radius 2 is 2.06 bits per heavy atom. The summed E-state index contributed by atoms with van der Waals surface area (Å²) in [5, 5.41) is 8.16. The lowest BCUT2D eigenvalue weighted by molar-refractivity contribution is 0.398. The van der Waals surface area contributed by atoms with E-state index in [1.165, 1.54) is 57.1 Å². The fraction of sp³-hybridized carbons (Fsp3) is 0.733. The fourth-order valence-corrected chi connectivity index (χ4v) is 3.45. The van der Waals surface area contributed by atoms with Crippen LogP contribution in [0, 0.1) is 5.92 Å². The standard InChI is InChI=1S/C15H25NS/c1-13(10-15-8-9-17-12-15)16-11-14-6-4-2-3-5-7-14/h8-9,12-14,16H,2-7,10-11H2,1H3. The summed E-state index contributed by atoms with van der Waals surface area (Å²) in [6, 6.07) is 2.86. The highest BCUT2D eigenvalue weighted by Crippen LogP contribution is 2.22. The maximum Gasteiger partial charge on any atom is 0.00795 e. The first-order valence-corrected chi connectivity index (χ1v) is 8.03. The van der Waals surface area contributed by atoms with Gasteiger partial charge in [0.25, 0.3) is 0 Å². The largest absolute Gasteiger partial charge is 0.314 e. The van der Waals surface area contributed by atoms with Gasteiger partial charge in [0, 0.05) is 6.04 Å². The van der Waals surface area contributed by atoms with Crippen LogP contribution in [0.3, 0.4) is 0 Å². The predicted molar refractivity (Wildman–Crippen MR) is 76.7 cm³/mol. The normalized spacial score (nSPS) is 20.1. The van der Waals surface area contributed by atoms with E-state index in [0.717, 1.165) is 5.92 Å². The molecule has 1 unspecified atom stereocenters. The van der Waals surface area contributed by atoms with Crippen LogP contribution in [-0.4, -0.2) is 12.6 Å². The average Bonchev–Trinajstić information content (AvgIpc) is 2.68. The lowest BCUT2D eigenvalue weighted by Gasteiger charge is -2.19. The maximum absolute atomic E-state index is 3.72. The quantitative estimate of drug-likeness (QED) is 0.772. The van der Waals surface area contributed by atoms with Gasteiger partial charge in [0.1, 0.15) is 0 Å². The van der Waals surface area contributed by atoms with Gasteiger partial charge in [-0.05, 0) is 61.0 Å². The van der Waals surface area contributed by atoms with Gasteiger partial charge in [-0.25, -0.2) is 0 Å². The molecule has 0 amide bonds. The Kier molecular flexibility index (Phi) is 5.53. The van der Waals surface area contributed by atoms with Crippen molar-refractivity contribution in [1.29, 1.82) is 0 Å². The number of hydrogen-bond acceptors (Lipinski definition) is 2.